The Balaban J connectivity index is 2.83. The number of ether oxygens (including phenoxy) is 1. The maximum Gasteiger partial charge on any atom is 0.331 e. The van der Waals surface area contributed by atoms with Crippen molar-refractivity contribution >= 4 is 11.9 Å². The number of carboxylic acid groups (broad SMARTS) is 1. The van der Waals surface area contributed by atoms with Gasteiger partial charge in [-0.15, -0.1) is 0 Å². The second kappa shape index (κ2) is 7.61. The van der Waals surface area contributed by atoms with Crippen LogP contribution in [-0.2, 0) is 14.3 Å². The van der Waals surface area contributed by atoms with Crippen molar-refractivity contribution in [1.82, 2.24) is 0 Å². The molecule has 0 spiro atoms. The zero-order valence-corrected chi connectivity index (χ0v) is 14.4. The molecule has 1 aliphatic carbocycles. The van der Waals surface area contributed by atoms with Gasteiger partial charge in [0.2, 0.25) is 0 Å². The van der Waals surface area contributed by atoms with E-state index in [-0.39, 0.29) is 23.1 Å². The highest BCUT2D eigenvalue weighted by molar-refractivity contribution is 5.81. The summed E-state index contributed by atoms with van der Waals surface area (Å²) >= 11 is 0. The highest BCUT2D eigenvalue weighted by Gasteiger charge is 2.28. The average Bonchev–Trinajstić information content (AvgIpc) is 2.36. The second-order valence-corrected chi connectivity index (χ2v) is 7.02. The smallest absolute Gasteiger partial charge is 0.331 e. The van der Waals surface area contributed by atoms with Gasteiger partial charge in [-0.2, -0.15) is 0 Å². The van der Waals surface area contributed by atoms with Crippen LogP contribution < -0.4 is 0 Å². The van der Waals surface area contributed by atoms with Crippen LogP contribution in [0.25, 0.3) is 0 Å². The summed E-state index contributed by atoms with van der Waals surface area (Å²) in [7, 11) is 0. The molecule has 0 saturated carbocycles. The maximum absolute atomic E-state index is 11.7. The molecule has 22 heavy (non-hydrogen) atoms. The highest BCUT2D eigenvalue weighted by atomic mass is 16.5. The molecule has 0 unspecified atom stereocenters. The van der Waals surface area contributed by atoms with Crippen LogP contribution in [0.1, 0.15) is 66.7 Å². The summed E-state index contributed by atoms with van der Waals surface area (Å²) in [5.41, 5.74) is 2.90. The van der Waals surface area contributed by atoms with Crippen molar-refractivity contribution in [3.63, 3.8) is 0 Å². The Kier molecular flexibility index (Phi) is 6.39. The van der Waals surface area contributed by atoms with E-state index < -0.39 is 5.97 Å². The predicted molar refractivity (Wildman–Crippen MR) is 86.2 cm³/mol. The van der Waals surface area contributed by atoms with Crippen molar-refractivity contribution in [3.8, 4) is 0 Å². The van der Waals surface area contributed by atoms with Crippen molar-refractivity contribution in [2.75, 3.05) is 0 Å². The summed E-state index contributed by atoms with van der Waals surface area (Å²) in [5.74, 6) is -1.50. The Hall–Kier alpha value is -1.58. The number of carbonyl (C=O) groups excluding carboxylic acids is 1. The molecule has 4 nitrogen and oxygen atoms in total. The summed E-state index contributed by atoms with van der Waals surface area (Å²) < 4.78 is 5.24. The molecule has 0 atom stereocenters. The molecule has 1 N–H and O–H groups in total. The van der Waals surface area contributed by atoms with E-state index in [1.54, 1.807) is 13.8 Å². The molecule has 0 aromatic heterocycles. The third kappa shape index (κ3) is 5.32. The van der Waals surface area contributed by atoms with E-state index in [0.29, 0.717) is 6.42 Å². The first-order valence-electron chi connectivity index (χ1n) is 7.98. The number of esters is 1. The van der Waals surface area contributed by atoms with Gasteiger partial charge in [0.1, 0.15) is 5.76 Å². The number of hydrogen-bond acceptors (Lipinski definition) is 3. The van der Waals surface area contributed by atoms with Gasteiger partial charge in [0.25, 0.3) is 0 Å². The van der Waals surface area contributed by atoms with E-state index >= 15 is 0 Å². The van der Waals surface area contributed by atoms with E-state index in [1.807, 2.05) is 0 Å². The van der Waals surface area contributed by atoms with Gasteiger partial charge in [-0.25, -0.2) is 4.79 Å². The van der Waals surface area contributed by atoms with Crippen molar-refractivity contribution in [2.24, 2.45) is 11.3 Å². The molecule has 0 fully saturated rings. The van der Waals surface area contributed by atoms with Crippen LogP contribution in [0, 0.1) is 11.3 Å². The second-order valence-electron chi connectivity index (χ2n) is 7.02. The van der Waals surface area contributed by atoms with Crippen LogP contribution >= 0.6 is 0 Å². The highest BCUT2D eigenvalue weighted by Crippen LogP contribution is 2.42. The maximum atomic E-state index is 11.7. The molecular formula is C18H28O4. The number of carbonyl (C=O) groups is 2. The lowest BCUT2D eigenvalue weighted by molar-refractivity contribution is -0.143. The van der Waals surface area contributed by atoms with Crippen LogP contribution in [0.5, 0.6) is 0 Å². The summed E-state index contributed by atoms with van der Waals surface area (Å²) in [6.45, 7) is 10.1. The van der Waals surface area contributed by atoms with Crippen molar-refractivity contribution in [2.45, 2.75) is 66.7 Å². The number of carboxylic acids is 1. The van der Waals surface area contributed by atoms with E-state index in [1.165, 1.54) is 17.6 Å². The first-order chi connectivity index (χ1) is 10.1. The fourth-order valence-corrected chi connectivity index (χ4v) is 3.01. The lowest BCUT2D eigenvalue weighted by atomic mass is 9.71. The number of rotatable bonds is 6. The Bertz CT molecular complexity index is 495. The number of allylic oxidation sites excluding steroid dienone is 3. The minimum atomic E-state index is -1.08. The Morgan fingerprint density at radius 2 is 2.00 bits per heavy atom. The molecule has 1 aliphatic rings. The van der Waals surface area contributed by atoms with E-state index in [0.717, 1.165) is 25.3 Å². The largest absolute Gasteiger partial charge is 0.478 e. The quantitative estimate of drug-likeness (QED) is 0.340. The molecule has 0 aliphatic heterocycles. The molecule has 0 amide bonds. The van der Waals surface area contributed by atoms with Crippen LogP contribution in [0.15, 0.2) is 23.0 Å². The Labute approximate surface area is 133 Å². The van der Waals surface area contributed by atoms with Gasteiger partial charge in [-0.3, -0.25) is 4.79 Å². The average molecular weight is 308 g/mol. The summed E-state index contributed by atoms with van der Waals surface area (Å²) in [6.07, 6.45) is 5.63. The van der Waals surface area contributed by atoms with Gasteiger partial charge in [-0.05, 0) is 38.0 Å². The van der Waals surface area contributed by atoms with E-state index in [2.05, 4.69) is 20.8 Å². The van der Waals surface area contributed by atoms with E-state index in [4.69, 9.17) is 9.84 Å². The third-order valence-corrected chi connectivity index (χ3v) is 4.29. The SMILES string of the molecule is CC1=C(CCC(=CC(=O)O)OC(=O)C(C)C)C(C)(C)CCC1. The van der Waals surface area contributed by atoms with Crippen LogP contribution in [0.4, 0.5) is 0 Å². The molecule has 0 aromatic carbocycles. The minimum absolute atomic E-state index is 0.138. The van der Waals surface area contributed by atoms with Gasteiger partial charge in [0.15, 0.2) is 0 Å². The fourth-order valence-electron chi connectivity index (χ4n) is 3.01. The predicted octanol–water partition coefficient (Wildman–Crippen LogP) is 4.46. The zero-order valence-electron chi connectivity index (χ0n) is 14.4. The van der Waals surface area contributed by atoms with Gasteiger partial charge < -0.3 is 9.84 Å². The lowest BCUT2D eigenvalue weighted by Crippen LogP contribution is -2.21. The summed E-state index contributed by atoms with van der Waals surface area (Å²) in [6, 6.07) is 0. The summed E-state index contributed by atoms with van der Waals surface area (Å²) in [5, 5.41) is 8.95. The number of aliphatic carboxylic acids is 1. The van der Waals surface area contributed by atoms with Crippen molar-refractivity contribution in [1.29, 1.82) is 0 Å². The summed E-state index contributed by atoms with van der Waals surface area (Å²) in [4.78, 5) is 22.6. The Morgan fingerprint density at radius 3 is 2.50 bits per heavy atom. The molecule has 0 aromatic rings. The molecule has 124 valence electrons. The fraction of sp³-hybridized carbons (Fsp3) is 0.667. The first-order valence-corrected chi connectivity index (χ1v) is 7.98. The lowest BCUT2D eigenvalue weighted by Gasteiger charge is -2.34. The van der Waals surface area contributed by atoms with Crippen LogP contribution in [-0.4, -0.2) is 17.0 Å². The van der Waals surface area contributed by atoms with Gasteiger partial charge >= 0.3 is 11.9 Å². The molecule has 0 bridgehead atoms. The molecule has 1 rings (SSSR count). The van der Waals surface area contributed by atoms with Crippen molar-refractivity contribution < 1.29 is 19.4 Å². The monoisotopic (exact) mass is 308 g/mol. The molecule has 4 heteroatoms. The molecule has 0 saturated heterocycles. The van der Waals surface area contributed by atoms with Gasteiger partial charge in [0.05, 0.1) is 12.0 Å². The standard InChI is InChI=1S/C18H28O4/c1-12(2)17(21)22-14(11-16(19)20)8-9-15-13(3)7-6-10-18(15,4)5/h11-12H,6-10H2,1-5H3,(H,19,20). The molecule has 0 heterocycles. The third-order valence-electron chi connectivity index (χ3n) is 4.29. The van der Waals surface area contributed by atoms with Gasteiger partial charge in [0, 0.05) is 6.42 Å². The van der Waals surface area contributed by atoms with Crippen LogP contribution in [0.3, 0.4) is 0 Å². The molecular weight excluding hydrogens is 280 g/mol. The normalized spacial score (nSPS) is 18.5. The van der Waals surface area contributed by atoms with Crippen molar-refractivity contribution in [3.05, 3.63) is 23.0 Å². The topological polar surface area (TPSA) is 63.6 Å². The molecule has 0 radical (unpaired) electrons. The first kappa shape index (κ1) is 18.5. The zero-order chi connectivity index (χ0) is 16.9. The van der Waals surface area contributed by atoms with Crippen LogP contribution in [0.2, 0.25) is 0 Å². The van der Waals surface area contributed by atoms with E-state index in [9.17, 15) is 9.59 Å². The Morgan fingerprint density at radius 1 is 1.36 bits per heavy atom. The number of hydrogen-bond donors (Lipinski definition) is 1. The van der Waals surface area contributed by atoms with Gasteiger partial charge in [-0.1, -0.05) is 38.8 Å². The minimum Gasteiger partial charge on any atom is -0.478 e.